The molecule has 3 N–H and O–H groups in total. The van der Waals surface area contributed by atoms with Gasteiger partial charge in [0.25, 0.3) is 0 Å². The molecule has 9 nitrogen and oxygen atoms in total. The van der Waals surface area contributed by atoms with Crippen LogP contribution in [0.3, 0.4) is 0 Å². The lowest BCUT2D eigenvalue weighted by Gasteiger charge is -2.01. The van der Waals surface area contributed by atoms with E-state index in [1.165, 1.54) is 0 Å². The first-order valence-electron chi connectivity index (χ1n) is 6.28. The topological polar surface area (TPSA) is 124 Å². The molecule has 0 aliphatic rings. The molecule has 0 amide bonds. The Morgan fingerprint density at radius 1 is 1.38 bits per heavy atom. The van der Waals surface area contributed by atoms with Gasteiger partial charge in [-0.2, -0.15) is 0 Å². The molecule has 0 spiro atoms. The molecular formula is C12H13N7O2. The predicted molar refractivity (Wildman–Crippen MR) is 71.4 cm³/mol. The summed E-state index contributed by atoms with van der Waals surface area (Å²) in [4.78, 5) is 19.2. The molecule has 3 rings (SSSR count). The number of hydrogen-bond acceptors (Lipinski definition) is 6. The molecule has 0 saturated heterocycles. The molecule has 3 heterocycles. The van der Waals surface area contributed by atoms with Crippen LogP contribution in [0.15, 0.2) is 30.9 Å². The number of fused-ring (bicyclic) bond motifs is 1. The minimum absolute atomic E-state index is 0.141. The highest BCUT2D eigenvalue weighted by atomic mass is 16.4. The molecule has 0 aliphatic carbocycles. The molecule has 0 fully saturated rings. The first kappa shape index (κ1) is 13.2. The number of carboxylic acid groups (broad SMARTS) is 1. The van der Waals surface area contributed by atoms with Gasteiger partial charge in [0.1, 0.15) is 6.04 Å². The fourth-order valence-electron chi connectivity index (χ4n) is 1.94. The van der Waals surface area contributed by atoms with Crippen molar-refractivity contribution < 1.29 is 9.90 Å². The Kier molecular flexibility index (Phi) is 3.32. The number of hydrogen-bond donors (Lipinski definition) is 2. The van der Waals surface area contributed by atoms with Gasteiger partial charge in [-0.1, -0.05) is 5.21 Å². The second-order valence-corrected chi connectivity index (χ2v) is 4.62. The van der Waals surface area contributed by atoms with Crippen molar-refractivity contribution in [3.8, 4) is 0 Å². The van der Waals surface area contributed by atoms with E-state index in [2.05, 4.69) is 20.3 Å². The third-order valence-corrected chi connectivity index (χ3v) is 2.94. The van der Waals surface area contributed by atoms with E-state index in [4.69, 9.17) is 10.8 Å². The summed E-state index contributed by atoms with van der Waals surface area (Å²) in [7, 11) is 0. The van der Waals surface area contributed by atoms with Crippen LogP contribution in [0.2, 0.25) is 0 Å². The molecular weight excluding hydrogens is 274 g/mol. The first-order chi connectivity index (χ1) is 10.1. The Balaban J connectivity index is 1.73. The third-order valence-electron chi connectivity index (χ3n) is 2.94. The van der Waals surface area contributed by atoms with Gasteiger partial charge in [-0.15, -0.1) is 5.10 Å². The third kappa shape index (κ3) is 2.87. The summed E-state index contributed by atoms with van der Waals surface area (Å²) in [6.45, 7) is 0.429. The summed E-state index contributed by atoms with van der Waals surface area (Å²) in [5.74, 6) is -0.447. The van der Waals surface area contributed by atoms with Crippen molar-refractivity contribution in [2.75, 3.05) is 0 Å². The number of aromatic nitrogens is 6. The van der Waals surface area contributed by atoms with Crippen LogP contribution in [-0.4, -0.2) is 46.5 Å². The van der Waals surface area contributed by atoms with Crippen LogP contribution in [0, 0.1) is 0 Å². The largest absolute Gasteiger partial charge is 0.480 e. The van der Waals surface area contributed by atoms with Crippen molar-refractivity contribution in [2.45, 2.75) is 19.0 Å². The smallest absolute Gasteiger partial charge is 0.320 e. The van der Waals surface area contributed by atoms with Crippen molar-refractivity contribution in [3.05, 3.63) is 42.2 Å². The molecule has 1 unspecified atom stereocenters. The molecule has 0 aromatic carbocycles. The average molecular weight is 287 g/mol. The fourth-order valence-corrected chi connectivity index (χ4v) is 1.94. The summed E-state index contributed by atoms with van der Waals surface area (Å²) in [6.07, 6.45) is 7.19. The van der Waals surface area contributed by atoms with E-state index >= 15 is 0 Å². The highest BCUT2D eigenvalue weighted by Gasteiger charge is 2.14. The molecule has 0 saturated carbocycles. The molecule has 1 atom stereocenters. The van der Waals surface area contributed by atoms with Gasteiger partial charge in [-0.25, -0.2) is 14.6 Å². The molecule has 0 bridgehead atoms. The van der Waals surface area contributed by atoms with E-state index < -0.39 is 12.0 Å². The average Bonchev–Trinajstić information content (AvgIpc) is 3.05. The van der Waals surface area contributed by atoms with Crippen molar-refractivity contribution >= 4 is 11.7 Å². The Hall–Kier alpha value is -2.81. The van der Waals surface area contributed by atoms with Crippen LogP contribution in [0.25, 0.3) is 5.78 Å². The lowest BCUT2D eigenvalue weighted by Crippen LogP contribution is -2.32. The van der Waals surface area contributed by atoms with Gasteiger partial charge >= 0.3 is 5.97 Å². The minimum atomic E-state index is -1.06. The van der Waals surface area contributed by atoms with Crippen molar-refractivity contribution in [1.82, 2.24) is 29.4 Å². The number of nitrogens with zero attached hydrogens (tertiary/aromatic N) is 6. The van der Waals surface area contributed by atoms with Crippen molar-refractivity contribution in [1.29, 1.82) is 0 Å². The van der Waals surface area contributed by atoms with Crippen LogP contribution in [-0.2, 0) is 17.8 Å². The normalized spacial score (nSPS) is 12.6. The van der Waals surface area contributed by atoms with E-state index in [-0.39, 0.29) is 6.42 Å². The Labute approximate surface area is 119 Å². The number of carbonyl (C=O) groups is 1. The lowest BCUT2D eigenvalue weighted by molar-refractivity contribution is -0.138. The zero-order valence-corrected chi connectivity index (χ0v) is 11.0. The zero-order valence-electron chi connectivity index (χ0n) is 11.0. The van der Waals surface area contributed by atoms with Gasteiger partial charge in [0, 0.05) is 31.2 Å². The maximum absolute atomic E-state index is 10.7. The van der Waals surface area contributed by atoms with E-state index in [1.807, 2.05) is 22.9 Å². The lowest BCUT2D eigenvalue weighted by atomic mass is 10.2. The van der Waals surface area contributed by atoms with Crippen LogP contribution in [0.1, 0.15) is 11.4 Å². The Morgan fingerprint density at radius 3 is 3.00 bits per heavy atom. The number of imidazole rings is 1. The quantitative estimate of drug-likeness (QED) is 0.637. The second kappa shape index (κ2) is 5.29. The molecule has 0 radical (unpaired) electrons. The molecule has 0 aliphatic heterocycles. The summed E-state index contributed by atoms with van der Waals surface area (Å²) in [5, 5.41) is 16.6. The first-order valence-corrected chi connectivity index (χ1v) is 6.28. The van der Waals surface area contributed by atoms with Crippen molar-refractivity contribution in [2.24, 2.45) is 5.73 Å². The number of nitrogens with two attached hydrogens (primary N) is 1. The van der Waals surface area contributed by atoms with Gasteiger partial charge in [0.15, 0.2) is 0 Å². The standard InChI is InChI=1S/C12H13N7O2/c13-10(11(20)21)4-8-6-19(17-16-8)7-9-5-18-3-1-2-14-12(18)15-9/h1-3,5-6,10H,4,7,13H2,(H,20,21). The Morgan fingerprint density at radius 2 is 2.24 bits per heavy atom. The molecule has 21 heavy (non-hydrogen) atoms. The van der Waals surface area contributed by atoms with Gasteiger partial charge in [0.05, 0.1) is 17.9 Å². The molecule has 3 aromatic heterocycles. The summed E-state index contributed by atoms with van der Waals surface area (Å²) < 4.78 is 3.40. The summed E-state index contributed by atoms with van der Waals surface area (Å²) in [5.41, 5.74) is 6.78. The monoisotopic (exact) mass is 287 g/mol. The maximum Gasteiger partial charge on any atom is 0.320 e. The summed E-state index contributed by atoms with van der Waals surface area (Å²) >= 11 is 0. The fraction of sp³-hybridized carbons (Fsp3) is 0.250. The summed E-state index contributed by atoms with van der Waals surface area (Å²) in [6, 6.07) is 0.841. The van der Waals surface area contributed by atoms with Gasteiger partial charge in [-0.3, -0.25) is 9.20 Å². The van der Waals surface area contributed by atoms with E-state index in [0.29, 0.717) is 18.0 Å². The number of rotatable bonds is 5. The predicted octanol–water partition coefficient (Wildman–Crippen LogP) is -0.677. The van der Waals surface area contributed by atoms with Crippen LogP contribution in [0.4, 0.5) is 0 Å². The van der Waals surface area contributed by atoms with Gasteiger partial charge < -0.3 is 10.8 Å². The highest BCUT2D eigenvalue weighted by molar-refractivity contribution is 5.73. The maximum atomic E-state index is 10.7. The van der Waals surface area contributed by atoms with Crippen LogP contribution < -0.4 is 5.73 Å². The molecule has 3 aromatic rings. The number of carboxylic acids is 1. The SMILES string of the molecule is NC(Cc1cn(Cc2cn3cccnc3n2)nn1)C(=O)O. The van der Waals surface area contributed by atoms with Crippen LogP contribution in [0.5, 0.6) is 0 Å². The van der Waals surface area contributed by atoms with Gasteiger partial charge in [-0.05, 0) is 6.07 Å². The minimum Gasteiger partial charge on any atom is -0.480 e. The molecule has 9 heteroatoms. The zero-order chi connectivity index (χ0) is 14.8. The number of aliphatic carboxylic acids is 1. The Bertz CT molecular complexity index is 746. The highest BCUT2D eigenvalue weighted by Crippen LogP contribution is 2.05. The van der Waals surface area contributed by atoms with Crippen LogP contribution >= 0.6 is 0 Å². The van der Waals surface area contributed by atoms with E-state index in [0.717, 1.165) is 5.69 Å². The van der Waals surface area contributed by atoms with E-state index in [1.54, 1.807) is 17.1 Å². The second-order valence-electron chi connectivity index (χ2n) is 4.62. The molecule has 108 valence electrons. The van der Waals surface area contributed by atoms with Crippen molar-refractivity contribution in [3.63, 3.8) is 0 Å². The van der Waals surface area contributed by atoms with Gasteiger partial charge in [0.2, 0.25) is 5.78 Å². The van der Waals surface area contributed by atoms with E-state index in [9.17, 15) is 4.79 Å².